The van der Waals surface area contributed by atoms with E-state index >= 15 is 0 Å². The molecule has 0 saturated carbocycles. The summed E-state index contributed by atoms with van der Waals surface area (Å²) in [5, 5.41) is 15.4. The minimum absolute atomic E-state index is 0.178. The average molecular weight is 473 g/mol. The molecule has 6 nitrogen and oxygen atoms in total. The molecule has 1 saturated heterocycles. The van der Waals surface area contributed by atoms with Crippen molar-refractivity contribution in [2.24, 2.45) is 0 Å². The van der Waals surface area contributed by atoms with Crippen LogP contribution in [0.3, 0.4) is 0 Å². The van der Waals surface area contributed by atoms with E-state index in [4.69, 9.17) is 23.2 Å². The number of rotatable bonds is 7. The Balaban J connectivity index is 1.20. The Morgan fingerprint density at radius 1 is 1.09 bits per heavy atom. The minimum Gasteiger partial charge on any atom is -0.392 e. The Bertz CT molecular complexity index is 1090. The number of fused-ring (bicyclic) bond motifs is 1. The number of aromatic nitrogens is 1. The number of aliphatic hydroxyl groups is 1. The number of carbonyl (C=O) groups excluding carboxylic acids is 1. The maximum absolute atomic E-state index is 12.4. The molecule has 32 heavy (non-hydrogen) atoms. The molecule has 2 aromatic carbocycles. The van der Waals surface area contributed by atoms with Crippen molar-refractivity contribution in [3.05, 3.63) is 70.3 Å². The van der Waals surface area contributed by atoms with Crippen molar-refractivity contribution in [2.45, 2.75) is 12.5 Å². The van der Waals surface area contributed by atoms with Crippen LogP contribution in [0.25, 0.3) is 10.9 Å². The van der Waals surface area contributed by atoms with Crippen LogP contribution in [-0.2, 0) is 0 Å². The quantitative estimate of drug-likeness (QED) is 0.546. The SMILES string of the molecule is O=C(NCC[C@@H](O)CN1CCN(c2cccc(Cl)c2Cl)CC1)c1cnc2ccccc2c1. The molecule has 1 aliphatic heterocycles. The number of para-hydroxylation sites is 1. The van der Waals surface area contributed by atoms with E-state index in [0.717, 1.165) is 42.8 Å². The number of aliphatic hydroxyl groups excluding tert-OH is 1. The van der Waals surface area contributed by atoms with E-state index in [0.29, 0.717) is 35.1 Å². The molecule has 1 fully saturated rings. The van der Waals surface area contributed by atoms with Crippen LogP contribution in [0.2, 0.25) is 10.0 Å². The molecule has 1 atom stereocenters. The molecule has 0 bridgehead atoms. The largest absolute Gasteiger partial charge is 0.392 e. The van der Waals surface area contributed by atoms with Gasteiger partial charge in [0.2, 0.25) is 0 Å². The monoisotopic (exact) mass is 472 g/mol. The van der Waals surface area contributed by atoms with E-state index in [1.165, 1.54) is 0 Å². The molecule has 4 rings (SSSR count). The number of hydrogen-bond donors (Lipinski definition) is 2. The molecule has 0 aliphatic carbocycles. The molecule has 1 aliphatic rings. The lowest BCUT2D eigenvalue weighted by atomic mass is 10.1. The maximum Gasteiger partial charge on any atom is 0.252 e. The van der Waals surface area contributed by atoms with Gasteiger partial charge in [0.25, 0.3) is 5.91 Å². The molecular weight excluding hydrogens is 447 g/mol. The van der Waals surface area contributed by atoms with Crippen LogP contribution < -0.4 is 10.2 Å². The zero-order valence-corrected chi connectivity index (χ0v) is 19.2. The first kappa shape index (κ1) is 22.8. The smallest absolute Gasteiger partial charge is 0.252 e. The van der Waals surface area contributed by atoms with E-state index in [9.17, 15) is 9.90 Å². The zero-order chi connectivity index (χ0) is 22.5. The Morgan fingerprint density at radius 3 is 2.69 bits per heavy atom. The van der Waals surface area contributed by atoms with Crippen LogP contribution in [0, 0.1) is 0 Å². The molecular formula is C24H26Cl2N4O2. The zero-order valence-electron chi connectivity index (χ0n) is 17.7. The Morgan fingerprint density at radius 2 is 1.88 bits per heavy atom. The van der Waals surface area contributed by atoms with Gasteiger partial charge in [-0.15, -0.1) is 0 Å². The second kappa shape index (κ2) is 10.5. The van der Waals surface area contributed by atoms with Gasteiger partial charge in [0.05, 0.1) is 32.9 Å². The van der Waals surface area contributed by atoms with E-state index < -0.39 is 6.10 Å². The number of carbonyl (C=O) groups is 1. The highest BCUT2D eigenvalue weighted by Gasteiger charge is 2.21. The van der Waals surface area contributed by atoms with Crippen molar-refractivity contribution < 1.29 is 9.90 Å². The highest BCUT2D eigenvalue weighted by molar-refractivity contribution is 6.43. The summed E-state index contributed by atoms with van der Waals surface area (Å²) in [6.07, 6.45) is 1.57. The summed E-state index contributed by atoms with van der Waals surface area (Å²) >= 11 is 12.5. The first-order chi connectivity index (χ1) is 15.5. The van der Waals surface area contributed by atoms with Gasteiger partial charge in [0.15, 0.2) is 0 Å². The molecule has 1 aromatic heterocycles. The van der Waals surface area contributed by atoms with Gasteiger partial charge in [-0.05, 0) is 30.7 Å². The van der Waals surface area contributed by atoms with E-state index in [1.807, 2.05) is 42.5 Å². The van der Waals surface area contributed by atoms with Gasteiger partial charge in [0, 0.05) is 50.9 Å². The van der Waals surface area contributed by atoms with Crippen molar-refractivity contribution in [3.8, 4) is 0 Å². The van der Waals surface area contributed by atoms with Crippen molar-refractivity contribution in [1.29, 1.82) is 0 Å². The molecule has 8 heteroatoms. The Hall–Kier alpha value is -2.38. The van der Waals surface area contributed by atoms with Crippen molar-refractivity contribution in [1.82, 2.24) is 15.2 Å². The number of anilines is 1. The number of halogens is 2. The van der Waals surface area contributed by atoms with Gasteiger partial charge < -0.3 is 15.3 Å². The highest BCUT2D eigenvalue weighted by atomic mass is 35.5. The van der Waals surface area contributed by atoms with Gasteiger partial charge >= 0.3 is 0 Å². The number of pyridine rings is 1. The molecule has 3 aromatic rings. The second-order valence-electron chi connectivity index (χ2n) is 7.98. The van der Waals surface area contributed by atoms with Gasteiger partial charge in [0.1, 0.15) is 0 Å². The predicted molar refractivity (Wildman–Crippen MR) is 130 cm³/mol. The lowest BCUT2D eigenvalue weighted by Crippen LogP contribution is -2.49. The third kappa shape index (κ3) is 5.51. The number of hydrogen-bond acceptors (Lipinski definition) is 5. The highest BCUT2D eigenvalue weighted by Crippen LogP contribution is 2.32. The van der Waals surface area contributed by atoms with Crippen LogP contribution in [0.4, 0.5) is 5.69 Å². The maximum atomic E-state index is 12.4. The fraction of sp³-hybridized carbons (Fsp3) is 0.333. The summed E-state index contributed by atoms with van der Waals surface area (Å²) in [6.45, 7) is 4.27. The van der Waals surface area contributed by atoms with Crippen LogP contribution in [-0.4, -0.2) is 66.3 Å². The number of benzene rings is 2. The summed E-state index contributed by atoms with van der Waals surface area (Å²) in [6, 6.07) is 15.2. The predicted octanol–water partition coefficient (Wildman–Crippen LogP) is 3.84. The van der Waals surface area contributed by atoms with Crippen molar-refractivity contribution >= 4 is 45.7 Å². The third-order valence-electron chi connectivity index (χ3n) is 5.73. The molecule has 0 unspecified atom stereocenters. The number of piperazine rings is 1. The van der Waals surface area contributed by atoms with Crippen LogP contribution >= 0.6 is 23.2 Å². The minimum atomic E-state index is -0.508. The fourth-order valence-corrected chi connectivity index (χ4v) is 4.36. The summed E-state index contributed by atoms with van der Waals surface area (Å²) in [5.74, 6) is -0.178. The number of nitrogens with zero attached hydrogens (tertiary/aromatic N) is 3. The Kier molecular flexibility index (Phi) is 7.48. The topological polar surface area (TPSA) is 68.7 Å². The fourth-order valence-electron chi connectivity index (χ4n) is 3.95. The molecule has 2 N–H and O–H groups in total. The van der Waals surface area contributed by atoms with Crippen LogP contribution in [0.5, 0.6) is 0 Å². The summed E-state index contributed by atoms with van der Waals surface area (Å²) in [4.78, 5) is 21.2. The van der Waals surface area contributed by atoms with Gasteiger partial charge in [-0.1, -0.05) is 47.5 Å². The number of nitrogens with one attached hydrogen (secondary N) is 1. The van der Waals surface area contributed by atoms with Crippen molar-refractivity contribution in [3.63, 3.8) is 0 Å². The van der Waals surface area contributed by atoms with Crippen molar-refractivity contribution in [2.75, 3.05) is 44.2 Å². The standard InChI is InChI=1S/C24H26Cl2N4O2/c25-20-5-3-7-22(23(20)26)30-12-10-29(11-13-30)16-19(31)8-9-27-24(32)18-14-17-4-1-2-6-21(17)28-15-18/h1-7,14-15,19,31H,8-13,16H2,(H,27,32)/t19-/m1/s1. The van der Waals surface area contributed by atoms with Crippen LogP contribution in [0.15, 0.2) is 54.7 Å². The van der Waals surface area contributed by atoms with E-state index in [-0.39, 0.29) is 5.91 Å². The van der Waals surface area contributed by atoms with Gasteiger partial charge in [-0.25, -0.2) is 0 Å². The summed E-state index contributed by atoms with van der Waals surface area (Å²) < 4.78 is 0. The van der Waals surface area contributed by atoms with E-state index in [2.05, 4.69) is 20.1 Å². The molecule has 2 heterocycles. The second-order valence-corrected chi connectivity index (χ2v) is 8.76. The number of β-amino-alcohol motifs (C(OH)–C–C–N with tert-alkyl or cyclic N) is 1. The molecule has 168 valence electrons. The Labute approximate surface area is 197 Å². The lowest BCUT2D eigenvalue weighted by molar-refractivity contribution is 0.0902. The average Bonchev–Trinajstić information content (AvgIpc) is 2.81. The first-order valence-corrected chi connectivity index (χ1v) is 11.5. The van der Waals surface area contributed by atoms with Gasteiger partial charge in [-0.3, -0.25) is 14.7 Å². The summed E-state index contributed by atoms with van der Waals surface area (Å²) in [5.41, 5.74) is 2.33. The first-order valence-electron chi connectivity index (χ1n) is 10.7. The number of amides is 1. The molecule has 0 spiro atoms. The van der Waals surface area contributed by atoms with Gasteiger partial charge in [-0.2, -0.15) is 0 Å². The molecule has 0 radical (unpaired) electrons. The van der Waals surface area contributed by atoms with Crippen LogP contribution in [0.1, 0.15) is 16.8 Å². The summed E-state index contributed by atoms with van der Waals surface area (Å²) in [7, 11) is 0. The lowest BCUT2D eigenvalue weighted by Gasteiger charge is -2.37. The van der Waals surface area contributed by atoms with E-state index in [1.54, 1.807) is 12.3 Å². The normalized spacial score (nSPS) is 15.7. The third-order valence-corrected chi connectivity index (χ3v) is 6.54. The molecule has 1 amide bonds.